The number of amides is 1. The van der Waals surface area contributed by atoms with E-state index in [4.69, 9.17) is 4.74 Å². The molecule has 0 aliphatic heterocycles. The third-order valence-electron chi connectivity index (χ3n) is 2.79. The maximum absolute atomic E-state index is 12.4. The number of benzene rings is 1. The Hall–Kier alpha value is -2.26. The third kappa shape index (κ3) is 4.14. The van der Waals surface area contributed by atoms with E-state index in [9.17, 15) is 18.0 Å². The largest absolute Gasteiger partial charge is 0.426 e. The third-order valence-corrected chi connectivity index (χ3v) is 5.49. The number of nitrogens with zero attached hydrogens (tertiary/aromatic N) is 1. The zero-order chi connectivity index (χ0) is 17.2. The number of rotatable bonds is 4. The van der Waals surface area contributed by atoms with Gasteiger partial charge in [-0.15, -0.1) is 0 Å². The molecule has 2 rings (SSSR count). The summed E-state index contributed by atoms with van der Waals surface area (Å²) in [7, 11) is -3.38. The number of aryl methyl sites for hydroxylation is 1. The molecular formula is C14H14N2O5S2. The predicted octanol–water partition coefficient (Wildman–Crippen LogP) is 2.03. The maximum Gasteiger partial charge on any atom is 0.308 e. The normalized spacial score (nSPS) is 11.1. The molecule has 2 aromatic rings. The summed E-state index contributed by atoms with van der Waals surface area (Å²) in [5.41, 5.74) is 0.806. The van der Waals surface area contributed by atoms with Gasteiger partial charge >= 0.3 is 5.97 Å². The second-order valence-corrected chi connectivity index (χ2v) is 8.03. The lowest BCUT2D eigenvalue weighted by molar-refractivity contribution is -0.131. The van der Waals surface area contributed by atoms with E-state index in [1.165, 1.54) is 19.2 Å². The number of hydrogen-bond acceptors (Lipinski definition) is 7. The van der Waals surface area contributed by atoms with Gasteiger partial charge in [0.15, 0.2) is 15.0 Å². The SMILES string of the molecule is CC(=O)Oc1cccc(C)c1C(=O)Nc1ncc(S(C)(=O)=O)s1. The lowest BCUT2D eigenvalue weighted by atomic mass is 10.1. The summed E-state index contributed by atoms with van der Waals surface area (Å²) in [6, 6.07) is 4.87. The number of hydrogen-bond donors (Lipinski definition) is 1. The first kappa shape index (κ1) is 17.1. The van der Waals surface area contributed by atoms with Crippen LogP contribution < -0.4 is 10.1 Å². The number of carbonyl (C=O) groups is 2. The molecule has 7 nitrogen and oxygen atoms in total. The van der Waals surface area contributed by atoms with Gasteiger partial charge in [0.05, 0.1) is 11.8 Å². The minimum absolute atomic E-state index is 0.0535. The highest BCUT2D eigenvalue weighted by molar-refractivity contribution is 7.92. The fourth-order valence-electron chi connectivity index (χ4n) is 1.82. The molecule has 0 bridgehead atoms. The van der Waals surface area contributed by atoms with Gasteiger partial charge in [0, 0.05) is 13.2 Å². The summed E-state index contributed by atoms with van der Waals surface area (Å²) in [5, 5.41) is 2.66. The quantitative estimate of drug-likeness (QED) is 0.666. The number of esters is 1. The molecule has 0 aliphatic carbocycles. The summed E-state index contributed by atoms with van der Waals surface area (Å²) in [4.78, 5) is 27.4. The van der Waals surface area contributed by atoms with E-state index in [1.54, 1.807) is 19.1 Å². The van der Waals surface area contributed by atoms with Crippen LogP contribution in [0.25, 0.3) is 0 Å². The highest BCUT2D eigenvalue weighted by atomic mass is 32.2. The Kier molecular flexibility index (Phi) is 4.81. The first-order valence-corrected chi connectivity index (χ1v) is 9.14. The minimum atomic E-state index is -3.38. The van der Waals surface area contributed by atoms with Crippen molar-refractivity contribution in [3.05, 3.63) is 35.5 Å². The molecule has 0 spiro atoms. The van der Waals surface area contributed by atoms with Crippen molar-refractivity contribution in [3.8, 4) is 5.75 Å². The van der Waals surface area contributed by atoms with Crippen LogP contribution in [0.1, 0.15) is 22.8 Å². The topological polar surface area (TPSA) is 102 Å². The van der Waals surface area contributed by atoms with Crippen LogP contribution in [0.5, 0.6) is 5.75 Å². The number of aromatic nitrogens is 1. The van der Waals surface area contributed by atoms with Crippen molar-refractivity contribution in [2.24, 2.45) is 0 Å². The van der Waals surface area contributed by atoms with Gasteiger partial charge in [-0.3, -0.25) is 14.9 Å². The van der Waals surface area contributed by atoms with Crippen molar-refractivity contribution in [2.45, 2.75) is 18.1 Å². The van der Waals surface area contributed by atoms with Crippen molar-refractivity contribution < 1.29 is 22.7 Å². The summed E-state index contributed by atoms with van der Waals surface area (Å²) >= 11 is 0.850. The Morgan fingerprint density at radius 1 is 1.30 bits per heavy atom. The van der Waals surface area contributed by atoms with Crippen LogP contribution in [0, 0.1) is 6.92 Å². The first-order valence-electron chi connectivity index (χ1n) is 6.43. The fourth-order valence-corrected chi connectivity index (χ4v) is 3.45. The molecule has 1 N–H and O–H groups in total. The molecule has 1 aromatic heterocycles. The van der Waals surface area contributed by atoms with Gasteiger partial charge in [0.1, 0.15) is 9.96 Å². The van der Waals surface area contributed by atoms with E-state index >= 15 is 0 Å². The Labute approximate surface area is 137 Å². The van der Waals surface area contributed by atoms with Crippen LogP contribution in [-0.2, 0) is 14.6 Å². The Morgan fingerprint density at radius 2 is 2.00 bits per heavy atom. The van der Waals surface area contributed by atoms with Crippen LogP contribution in [-0.4, -0.2) is 31.5 Å². The van der Waals surface area contributed by atoms with Gasteiger partial charge in [0.25, 0.3) is 5.91 Å². The van der Waals surface area contributed by atoms with Gasteiger partial charge in [-0.05, 0) is 18.6 Å². The zero-order valence-electron chi connectivity index (χ0n) is 12.6. The van der Waals surface area contributed by atoms with Gasteiger partial charge in [-0.1, -0.05) is 23.5 Å². The number of thiazole rings is 1. The molecule has 9 heteroatoms. The fraction of sp³-hybridized carbons (Fsp3) is 0.214. The van der Waals surface area contributed by atoms with Crippen LogP contribution in [0.4, 0.5) is 5.13 Å². The first-order chi connectivity index (χ1) is 10.7. The van der Waals surface area contributed by atoms with E-state index in [0.29, 0.717) is 5.56 Å². The number of anilines is 1. The average molecular weight is 354 g/mol. The zero-order valence-corrected chi connectivity index (χ0v) is 14.2. The molecule has 122 valence electrons. The second-order valence-electron chi connectivity index (χ2n) is 4.75. The van der Waals surface area contributed by atoms with E-state index < -0.39 is 21.7 Å². The van der Waals surface area contributed by atoms with E-state index in [0.717, 1.165) is 17.6 Å². The van der Waals surface area contributed by atoms with Crippen molar-refractivity contribution in [1.29, 1.82) is 0 Å². The molecule has 1 amide bonds. The minimum Gasteiger partial charge on any atom is -0.426 e. The highest BCUT2D eigenvalue weighted by Crippen LogP contribution is 2.26. The monoisotopic (exact) mass is 354 g/mol. The molecule has 0 saturated heterocycles. The van der Waals surface area contributed by atoms with Crippen LogP contribution in [0.3, 0.4) is 0 Å². The van der Waals surface area contributed by atoms with E-state index in [-0.39, 0.29) is 20.7 Å². The summed E-state index contributed by atoms with van der Waals surface area (Å²) in [5.74, 6) is -0.943. The summed E-state index contributed by atoms with van der Waals surface area (Å²) in [6.07, 6.45) is 2.24. The van der Waals surface area contributed by atoms with Crippen molar-refractivity contribution in [2.75, 3.05) is 11.6 Å². The van der Waals surface area contributed by atoms with Crippen LogP contribution in [0.2, 0.25) is 0 Å². The number of carbonyl (C=O) groups excluding carboxylic acids is 2. The Bertz CT molecular complexity index is 871. The molecule has 0 saturated carbocycles. The number of sulfone groups is 1. The Morgan fingerprint density at radius 3 is 2.57 bits per heavy atom. The van der Waals surface area contributed by atoms with Crippen LogP contribution in [0.15, 0.2) is 28.6 Å². The summed E-state index contributed by atoms with van der Waals surface area (Å²) < 4.78 is 27.9. The number of nitrogens with one attached hydrogen (secondary N) is 1. The van der Waals surface area contributed by atoms with Crippen molar-refractivity contribution in [1.82, 2.24) is 4.98 Å². The maximum atomic E-state index is 12.4. The molecule has 1 heterocycles. The lowest BCUT2D eigenvalue weighted by Crippen LogP contribution is -2.16. The number of ether oxygens (including phenoxy) is 1. The molecule has 0 atom stereocenters. The Balaban J connectivity index is 2.31. The van der Waals surface area contributed by atoms with Crippen LogP contribution >= 0.6 is 11.3 Å². The van der Waals surface area contributed by atoms with Gasteiger partial charge in [-0.25, -0.2) is 13.4 Å². The smallest absolute Gasteiger partial charge is 0.308 e. The molecule has 0 fully saturated rings. The van der Waals surface area contributed by atoms with Crippen molar-refractivity contribution in [3.63, 3.8) is 0 Å². The standard InChI is InChI=1S/C14H14N2O5S2/c1-8-5-4-6-10(21-9(2)17)12(8)13(18)16-14-15-7-11(22-14)23(3,19)20/h4-7H,1-3H3,(H,15,16,18). The predicted molar refractivity (Wildman–Crippen MR) is 85.7 cm³/mol. The summed E-state index contributed by atoms with van der Waals surface area (Å²) in [6.45, 7) is 2.94. The van der Waals surface area contributed by atoms with Crippen molar-refractivity contribution >= 4 is 38.2 Å². The highest BCUT2D eigenvalue weighted by Gasteiger charge is 2.19. The van der Waals surface area contributed by atoms with E-state index in [1.807, 2.05) is 0 Å². The molecular weight excluding hydrogens is 340 g/mol. The van der Waals surface area contributed by atoms with E-state index in [2.05, 4.69) is 10.3 Å². The molecule has 0 aliphatic rings. The van der Waals surface area contributed by atoms with Gasteiger partial charge < -0.3 is 4.74 Å². The molecule has 0 radical (unpaired) electrons. The second kappa shape index (κ2) is 6.47. The lowest BCUT2D eigenvalue weighted by Gasteiger charge is -2.10. The molecule has 23 heavy (non-hydrogen) atoms. The van der Waals surface area contributed by atoms with Gasteiger partial charge in [-0.2, -0.15) is 0 Å². The average Bonchev–Trinajstić information content (AvgIpc) is 2.86. The molecule has 0 unspecified atom stereocenters. The molecule has 1 aromatic carbocycles. The van der Waals surface area contributed by atoms with Gasteiger partial charge in [0.2, 0.25) is 0 Å².